The summed E-state index contributed by atoms with van der Waals surface area (Å²) in [6, 6.07) is 14.8. The van der Waals surface area contributed by atoms with E-state index in [9.17, 15) is 9.18 Å². The van der Waals surface area contributed by atoms with Gasteiger partial charge in [-0.15, -0.1) is 0 Å². The summed E-state index contributed by atoms with van der Waals surface area (Å²) in [5.74, 6) is -0.233. The number of pyridine rings is 1. The van der Waals surface area contributed by atoms with Crippen LogP contribution in [-0.2, 0) is 13.1 Å². The summed E-state index contributed by atoms with van der Waals surface area (Å²) >= 11 is 0. The largest absolute Gasteiger partial charge is 0.369 e. The summed E-state index contributed by atoms with van der Waals surface area (Å²) in [5, 5.41) is 5.68. The van der Waals surface area contributed by atoms with E-state index in [4.69, 9.17) is 0 Å². The van der Waals surface area contributed by atoms with Gasteiger partial charge in [-0.3, -0.25) is 9.88 Å². The molecule has 2 aliphatic heterocycles. The van der Waals surface area contributed by atoms with E-state index in [0.717, 1.165) is 66.4 Å². The van der Waals surface area contributed by atoms with Crippen LogP contribution in [0.15, 0.2) is 60.9 Å². The number of halogens is 1. The van der Waals surface area contributed by atoms with E-state index in [1.165, 1.54) is 12.1 Å². The third-order valence-corrected chi connectivity index (χ3v) is 5.90. The Morgan fingerprint density at radius 3 is 2.55 bits per heavy atom. The van der Waals surface area contributed by atoms with E-state index in [-0.39, 0.29) is 11.8 Å². The first-order valence-corrected chi connectivity index (χ1v) is 10.5. The highest BCUT2D eigenvalue weighted by atomic mass is 19.1. The summed E-state index contributed by atoms with van der Waals surface area (Å²) in [5.41, 5.74) is 6.26. The van der Waals surface area contributed by atoms with Crippen molar-refractivity contribution in [1.82, 2.24) is 15.2 Å². The first-order valence-electron chi connectivity index (χ1n) is 10.5. The second-order valence-corrected chi connectivity index (χ2v) is 8.00. The molecule has 1 saturated heterocycles. The molecule has 31 heavy (non-hydrogen) atoms. The van der Waals surface area contributed by atoms with Crippen molar-refractivity contribution in [3.63, 3.8) is 0 Å². The van der Waals surface area contributed by atoms with Crippen molar-refractivity contribution in [2.45, 2.75) is 13.1 Å². The lowest BCUT2D eigenvalue weighted by molar-refractivity contribution is 0.249. The summed E-state index contributed by atoms with van der Waals surface area (Å²) in [6.45, 7) is 5.16. The van der Waals surface area contributed by atoms with Crippen molar-refractivity contribution in [3.05, 3.63) is 77.9 Å². The number of rotatable bonds is 4. The molecule has 1 aromatic heterocycles. The highest BCUT2D eigenvalue weighted by Crippen LogP contribution is 2.27. The predicted molar refractivity (Wildman–Crippen MR) is 119 cm³/mol. The molecular formula is C24H24FN5O. The Labute approximate surface area is 180 Å². The highest BCUT2D eigenvalue weighted by Gasteiger charge is 2.20. The molecule has 7 heteroatoms. The molecule has 5 rings (SSSR count). The SMILES string of the molecule is O=C1NCc2ccc(N3CCN(Cc4cncc(-c5ccc(F)cc5)c4)CC3)cc2N1. The van der Waals surface area contributed by atoms with Gasteiger partial charge in [-0.1, -0.05) is 18.2 Å². The Kier molecular flexibility index (Phi) is 5.26. The number of piperazine rings is 1. The van der Waals surface area contributed by atoms with Crippen LogP contribution in [0.1, 0.15) is 11.1 Å². The number of hydrogen-bond acceptors (Lipinski definition) is 4. The number of carbonyl (C=O) groups is 1. The minimum atomic E-state index is -0.233. The zero-order valence-electron chi connectivity index (χ0n) is 17.1. The lowest BCUT2D eigenvalue weighted by Crippen LogP contribution is -2.46. The van der Waals surface area contributed by atoms with Gasteiger partial charge in [0.25, 0.3) is 0 Å². The van der Waals surface area contributed by atoms with Crippen LogP contribution in [0.4, 0.5) is 20.6 Å². The van der Waals surface area contributed by atoms with Gasteiger partial charge in [0.15, 0.2) is 0 Å². The van der Waals surface area contributed by atoms with E-state index >= 15 is 0 Å². The number of benzene rings is 2. The van der Waals surface area contributed by atoms with Crippen LogP contribution in [0.2, 0.25) is 0 Å². The molecule has 1 fully saturated rings. The summed E-state index contributed by atoms with van der Waals surface area (Å²) < 4.78 is 13.2. The molecule has 158 valence electrons. The number of nitrogens with one attached hydrogen (secondary N) is 2. The van der Waals surface area contributed by atoms with Crippen LogP contribution in [-0.4, -0.2) is 42.1 Å². The fourth-order valence-corrected chi connectivity index (χ4v) is 4.17. The average Bonchev–Trinajstić information content (AvgIpc) is 2.80. The normalized spacial score (nSPS) is 16.4. The van der Waals surface area contributed by atoms with Gasteiger partial charge >= 0.3 is 6.03 Å². The van der Waals surface area contributed by atoms with Crippen LogP contribution < -0.4 is 15.5 Å². The van der Waals surface area contributed by atoms with Crippen molar-refractivity contribution in [2.75, 3.05) is 36.4 Å². The van der Waals surface area contributed by atoms with Crippen LogP contribution in [0.5, 0.6) is 0 Å². The van der Waals surface area contributed by atoms with Crippen LogP contribution >= 0.6 is 0 Å². The Morgan fingerprint density at radius 1 is 0.935 bits per heavy atom. The molecule has 2 aromatic carbocycles. The fraction of sp³-hybridized carbons (Fsp3) is 0.250. The third kappa shape index (κ3) is 4.36. The minimum absolute atomic E-state index is 0.147. The van der Waals surface area contributed by atoms with Gasteiger partial charge < -0.3 is 15.5 Å². The Balaban J connectivity index is 1.22. The molecule has 0 unspecified atom stereocenters. The minimum Gasteiger partial charge on any atom is -0.369 e. The van der Waals surface area contributed by atoms with Gasteiger partial charge in [0.2, 0.25) is 0 Å². The van der Waals surface area contributed by atoms with E-state index < -0.39 is 0 Å². The Hall–Kier alpha value is -3.45. The molecule has 2 N–H and O–H groups in total. The number of anilines is 2. The average molecular weight is 417 g/mol. The first-order chi connectivity index (χ1) is 15.1. The van der Waals surface area contributed by atoms with Gasteiger partial charge in [-0.25, -0.2) is 9.18 Å². The number of aromatic nitrogens is 1. The van der Waals surface area contributed by atoms with Crippen LogP contribution in [0, 0.1) is 5.82 Å². The van der Waals surface area contributed by atoms with Gasteiger partial charge in [-0.05, 0) is 47.0 Å². The van der Waals surface area contributed by atoms with Crippen LogP contribution in [0.25, 0.3) is 11.1 Å². The summed E-state index contributed by atoms with van der Waals surface area (Å²) in [7, 11) is 0. The first kappa shape index (κ1) is 19.5. The molecule has 0 saturated carbocycles. The predicted octanol–water partition coefficient (Wildman–Crippen LogP) is 3.85. The molecule has 3 heterocycles. The quantitative estimate of drug-likeness (QED) is 0.677. The highest BCUT2D eigenvalue weighted by molar-refractivity contribution is 5.93. The lowest BCUT2D eigenvalue weighted by atomic mass is 10.1. The van der Waals surface area contributed by atoms with E-state index in [0.29, 0.717) is 6.54 Å². The fourth-order valence-electron chi connectivity index (χ4n) is 4.17. The maximum Gasteiger partial charge on any atom is 0.319 e. The second kappa shape index (κ2) is 8.35. The van der Waals surface area contributed by atoms with Crippen molar-refractivity contribution < 1.29 is 9.18 Å². The zero-order chi connectivity index (χ0) is 21.2. The Morgan fingerprint density at radius 2 is 1.74 bits per heavy atom. The summed E-state index contributed by atoms with van der Waals surface area (Å²) in [4.78, 5) is 20.8. The standard InChI is InChI=1S/C24H24FN5O/c25-21-4-1-18(2-5-21)20-11-17(13-26-14-20)16-29-7-9-30(10-8-29)22-6-3-19-15-27-24(31)28-23(19)12-22/h1-6,11-14H,7-10,15-16H2,(H2,27,28,31). The monoisotopic (exact) mass is 417 g/mol. The molecule has 3 aromatic rings. The molecule has 2 aliphatic rings. The topological polar surface area (TPSA) is 60.5 Å². The number of hydrogen-bond donors (Lipinski definition) is 2. The van der Waals surface area contributed by atoms with Gasteiger partial charge in [-0.2, -0.15) is 0 Å². The molecule has 0 atom stereocenters. The molecular weight excluding hydrogens is 393 g/mol. The number of urea groups is 1. The molecule has 0 radical (unpaired) electrons. The van der Waals surface area contributed by atoms with Crippen molar-refractivity contribution in [1.29, 1.82) is 0 Å². The number of amides is 2. The lowest BCUT2D eigenvalue weighted by Gasteiger charge is -2.36. The van der Waals surface area contributed by atoms with Crippen LogP contribution in [0.3, 0.4) is 0 Å². The maximum absolute atomic E-state index is 13.2. The zero-order valence-corrected chi connectivity index (χ0v) is 17.1. The molecule has 0 bridgehead atoms. The number of nitrogens with zero attached hydrogens (tertiary/aromatic N) is 3. The van der Waals surface area contributed by atoms with E-state index in [1.807, 2.05) is 12.4 Å². The maximum atomic E-state index is 13.2. The van der Waals surface area contributed by atoms with Gasteiger partial charge in [0.05, 0.1) is 0 Å². The van der Waals surface area contributed by atoms with E-state index in [1.54, 1.807) is 12.1 Å². The molecule has 2 amide bonds. The van der Waals surface area contributed by atoms with Crippen molar-refractivity contribution in [2.24, 2.45) is 0 Å². The number of carbonyl (C=O) groups excluding carboxylic acids is 1. The van der Waals surface area contributed by atoms with Gasteiger partial charge in [0, 0.05) is 68.6 Å². The summed E-state index contributed by atoms with van der Waals surface area (Å²) in [6.07, 6.45) is 3.72. The number of fused-ring (bicyclic) bond motifs is 1. The van der Waals surface area contributed by atoms with E-state index in [2.05, 4.69) is 49.7 Å². The van der Waals surface area contributed by atoms with Crippen molar-refractivity contribution >= 4 is 17.4 Å². The van der Waals surface area contributed by atoms with Gasteiger partial charge in [0.1, 0.15) is 5.82 Å². The second-order valence-electron chi connectivity index (χ2n) is 8.00. The molecule has 6 nitrogen and oxygen atoms in total. The molecule has 0 spiro atoms. The Bertz CT molecular complexity index is 1090. The van der Waals surface area contributed by atoms with Crippen molar-refractivity contribution in [3.8, 4) is 11.1 Å². The third-order valence-electron chi connectivity index (χ3n) is 5.90. The smallest absolute Gasteiger partial charge is 0.319 e. The molecule has 0 aliphatic carbocycles.